The standard InChI is InChI=1S/C22H21O2/c1-16-11-12-19(17(2)13-16)14-18-7-6-8-20(15-18)24-22-10-5-4-9-21(22)23-3/h4-13H,14H2,1-3H3. The lowest BCUT2D eigenvalue weighted by Gasteiger charge is -2.11. The van der Waals surface area contributed by atoms with Crippen LogP contribution in [0.25, 0.3) is 0 Å². The Bertz CT molecular complexity index is 837. The monoisotopic (exact) mass is 317 g/mol. The summed E-state index contributed by atoms with van der Waals surface area (Å²) in [6, 6.07) is 23.5. The Labute approximate surface area is 143 Å². The van der Waals surface area contributed by atoms with E-state index in [4.69, 9.17) is 9.47 Å². The van der Waals surface area contributed by atoms with Crippen LogP contribution in [0, 0.1) is 19.9 Å². The van der Waals surface area contributed by atoms with Gasteiger partial charge in [0, 0.05) is 6.07 Å². The van der Waals surface area contributed by atoms with E-state index in [2.05, 4.69) is 44.2 Å². The van der Waals surface area contributed by atoms with E-state index in [1.54, 1.807) is 7.11 Å². The first-order valence-electron chi connectivity index (χ1n) is 8.04. The molecule has 3 aromatic rings. The van der Waals surface area contributed by atoms with Crippen LogP contribution in [0.3, 0.4) is 0 Å². The van der Waals surface area contributed by atoms with Gasteiger partial charge in [-0.3, -0.25) is 0 Å². The van der Waals surface area contributed by atoms with Crippen LogP contribution >= 0.6 is 0 Å². The minimum absolute atomic E-state index is 0.694. The van der Waals surface area contributed by atoms with Crippen molar-refractivity contribution in [3.8, 4) is 17.2 Å². The van der Waals surface area contributed by atoms with Gasteiger partial charge in [0.25, 0.3) is 0 Å². The van der Waals surface area contributed by atoms with Crippen molar-refractivity contribution in [1.29, 1.82) is 0 Å². The number of aryl methyl sites for hydroxylation is 2. The summed E-state index contributed by atoms with van der Waals surface area (Å²) in [5.41, 5.74) is 5.01. The summed E-state index contributed by atoms with van der Waals surface area (Å²) >= 11 is 0. The average molecular weight is 317 g/mol. The maximum absolute atomic E-state index is 5.95. The number of benzene rings is 3. The van der Waals surface area contributed by atoms with Crippen molar-refractivity contribution >= 4 is 0 Å². The van der Waals surface area contributed by atoms with Crippen LogP contribution in [-0.4, -0.2) is 7.11 Å². The van der Waals surface area contributed by atoms with Crippen molar-refractivity contribution in [2.24, 2.45) is 0 Å². The molecular weight excluding hydrogens is 296 g/mol. The van der Waals surface area contributed by atoms with Crippen LogP contribution in [0.4, 0.5) is 0 Å². The molecule has 2 nitrogen and oxygen atoms in total. The molecule has 2 heteroatoms. The number of hydrogen-bond donors (Lipinski definition) is 0. The Morgan fingerprint density at radius 3 is 2.42 bits per heavy atom. The molecule has 0 aliphatic rings. The fourth-order valence-electron chi connectivity index (χ4n) is 2.73. The van der Waals surface area contributed by atoms with Crippen LogP contribution in [0.1, 0.15) is 22.3 Å². The molecule has 0 heterocycles. The van der Waals surface area contributed by atoms with Gasteiger partial charge < -0.3 is 9.47 Å². The summed E-state index contributed by atoms with van der Waals surface area (Å²) < 4.78 is 11.3. The van der Waals surface area contributed by atoms with Crippen molar-refractivity contribution in [1.82, 2.24) is 0 Å². The predicted molar refractivity (Wildman–Crippen MR) is 97.1 cm³/mol. The minimum Gasteiger partial charge on any atom is -0.493 e. The molecular formula is C22H21O2. The van der Waals surface area contributed by atoms with E-state index in [9.17, 15) is 0 Å². The van der Waals surface area contributed by atoms with Gasteiger partial charge in [-0.05, 0) is 55.2 Å². The van der Waals surface area contributed by atoms with E-state index in [-0.39, 0.29) is 0 Å². The van der Waals surface area contributed by atoms with Gasteiger partial charge in [-0.15, -0.1) is 0 Å². The number of rotatable bonds is 5. The van der Waals surface area contributed by atoms with Crippen molar-refractivity contribution in [2.75, 3.05) is 7.11 Å². The lowest BCUT2D eigenvalue weighted by atomic mass is 9.99. The second-order valence-corrected chi connectivity index (χ2v) is 5.90. The molecule has 0 atom stereocenters. The van der Waals surface area contributed by atoms with Crippen LogP contribution in [0.5, 0.6) is 17.2 Å². The SMILES string of the molecule is COc1ccccc1Oc1[c]c(Cc2ccc(C)cc2C)ccc1. The smallest absolute Gasteiger partial charge is 0.169 e. The zero-order valence-electron chi connectivity index (χ0n) is 14.3. The van der Waals surface area contributed by atoms with E-state index in [0.29, 0.717) is 17.2 Å². The molecule has 0 unspecified atom stereocenters. The van der Waals surface area contributed by atoms with Crippen molar-refractivity contribution in [3.63, 3.8) is 0 Å². The largest absolute Gasteiger partial charge is 0.493 e. The Kier molecular flexibility index (Phi) is 4.85. The summed E-state index contributed by atoms with van der Waals surface area (Å²) in [6.45, 7) is 4.27. The van der Waals surface area contributed by atoms with E-state index < -0.39 is 0 Å². The zero-order chi connectivity index (χ0) is 16.9. The molecule has 121 valence electrons. The van der Waals surface area contributed by atoms with E-state index in [0.717, 1.165) is 12.0 Å². The van der Waals surface area contributed by atoms with Gasteiger partial charge in [0.2, 0.25) is 0 Å². The molecule has 0 fully saturated rings. The lowest BCUT2D eigenvalue weighted by Crippen LogP contribution is -1.94. The number of para-hydroxylation sites is 2. The molecule has 0 saturated carbocycles. The first-order chi connectivity index (χ1) is 11.7. The molecule has 0 aromatic heterocycles. The third-order valence-corrected chi connectivity index (χ3v) is 4.00. The van der Waals surface area contributed by atoms with Crippen LogP contribution < -0.4 is 9.47 Å². The quantitative estimate of drug-likeness (QED) is 0.619. The van der Waals surface area contributed by atoms with Crippen molar-refractivity contribution in [3.05, 3.63) is 89.0 Å². The highest BCUT2D eigenvalue weighted by molar-refractivity contribution is 5.43. The first-order valence-corrected chi connectivity index (χ1v) is 8.04. The fourth-order valence-corrected chi connectivity index (χ4v) is 2.73. The Morgan fingerprint density at radius 1 is 0.875 bits per heavy atom. The van der Waals surface area contributed by atoms with Crippen LogP contribution in [-0.2, 0) is 6.42 Å². The van der Waals surface area contributed by atoms with Gasteiger partial charge in [0.15, 0.2) is 11.5 Å². The average Bonchev–Trinajstić information content (AvgIpc) is 2.58. The highest BCUT2D eigenvalue weighted by Crippen LogP contribution is 2.31. The van der Waals surface area contributed by atoms with Crippen LogP contribution in [0.2, 0.25) is 0 Å². The summed E-state index contributed by atoms with van der Waals surface area (Å²) in [5.74, 6) is 2.10. The molecule has 0 bridgehead atoms. The summed E-state index contributed by atoms with van der Waals surface area (Å²) in [6.07, 6.45) is 0.842. The summed E-state index contributed by atoms with van der Waals surface area (Å²) in [4.78, 5) is 0. The van der Waals surface area contributed by atoms with Crippen molar-refractivity contribution in [2.45, 2.75) is 20.3 Å². The van der Waals surface area contributed by atoms with E-state index in [1.165, 1.54) is 16.7 Å². The second kappa shape index (κ2) is 7.22. The van der Waals surface area contributed by atoms with Gasteiger partial charge in [0.05, 0.1) is 7.11 Å². The lowest BCUT2D eigenvalue weighted by molar-refractivity contribution is 0.378. The predicted octanol–water partition coefficient (Wildman–Crippen LogP) is 5.50. The number of hydrogen-bond acceptors (Lipinski definition) is 2. The van der Waals surface area contributed by atoms with Gasteiger partial charge in [0.1, 0.15) is 5.75 Å². The van der Waals surface area contributed by atoms with Crippen LogP contribution in [0.15, 0.2) is 60.7 Å². The Hall–Kier alpha value is -2.74. The third-order valence-electron chi connectivity index (χ3n) is 4.00. The molecule has 0 saturated heterocycles. The maximum Gasteiger partial charge on any atom is 0.169 e. The van der Waals surface area contributed by atoms with E-state index >= 15 is 0 Å². The normalized spacial score (nSPS) is 10.5. The molecule has 0 amide bonds. The molecule has 24 heavy (non-hydrogen) atoms. The first kappa shape index (κ1) is 16.1. The Morgan fingerprint density at radius 2 is 1.67 bits per heavy atom. The second-order valence-electron chi connectivity index (χ2n) is 5.90. The van der Waals surface area contributed by atoms with Crippen molar-refractivity contribution < 1.29 is 9.47 Å². The van der Waals surface area contributed by atoms with Gasteiger partial charge in [-0.1, -0.05) is 48.0 Å². The van der Waals surface area contributed by atoms with Gasteiger partial charge in [-0.2, -0.15) is 0 Å². The molecule has 3 aromatic carbocycles. The molecule has 1 radical (unpaired) electrons. The van der Waals surface area contributed by atoms with Gasteiger partial charge >= 0.3 is 0 Å². The summed E-state index contributed by atoms with van der Waals surface area (Å²) in [7, 11) is 1.64. The molecule has 0 aliphatic carbocycles. The van der Waals surface area contributed by atoms with E-state index in [1.807, 2.05) is 36.4 Å². The highest BCUT2D eigenvalue weighted by Gasteiger charge is 2.06. The molecule has 3 rings (SSSR count). The number of methoxy groups -OCH3 is 1. The number of ether oxygens (including phenoxy) is 2. The summed E-state index contributed by atoms with van der Waals surface area (Å²) in [5, 5.41) is 0. The third kappa shape index (κ3) is 3.77. The molecule has 0 aliphatic heterocycles. The molecule has 0 spiro atoms. The topological polar surface area (TPSA) is 18.5 Å². The maximum atomic E-state index is 5.95. The minimum atomic E-state index is 0.694. The fraction of sp³-hybridized carbons (Fsp3) is 0.182. The Balaban J connectivity index is 1.81. The zero-order valence-corrected chi connectivity index (χ0v) is 14.3. The van der Waals surface area contributed by atoms with Gasteiger partial charge in [-0.25, -0.2) is 0 Å². The highest BCUT2D eigenvalue weighted by atomic mass is 16.5. The molecule has 0 N–H and O–H groups in total.